The molecule has 0 saturated carbocycles. The molecule has 1 unspecified atom stereocenters. The van der Waals surface area contributed by atoms with Crippen molar-refractivity contribution in [2.45, 2.75) is 20.0 Å². The largest absolute Gasteiger partial charge is 0.445 e. The van der Waals surface area contributed by atoms with Crippen LogP contribution in [0.3, 0.4) is 0 Å². The summed E-state index contributed by atoms with van der Waals surface area (Å²) in [4.78, 5) is 16.1. The smallest absolute Gasteiger partial charge is 0.410 e. The van der Waals surface area contributed by atoms with Crippen molar-refractivity contribution in [3.63, 3.8) is 0 Å². The minimum absolute atomic E-state index is 0.184. The molecule has 5 nitrogen and oxygen atoms in total. The molecule has 0 aliphatic carbocycles. The number of aliphatic hydroxyl groups excluding tert-OH is 1. The van der Waals surface area contributed by atoms with Crippen molar-refractivity contribution < 1.29 is 14.6 Å². The highest BCUT2D eigenvalue weighted by Gasteiger charge is 2.28. The number of likely N-dealkylation sites (tertiary alicyclic amines) is 1. The first-order chi connectivity index (χ1) is 10.7. The van der Waals surface area contributed by atoms with E-state index in [1.165, 1.54) is 0 Å². The normalized spacial score (nSPS) is 18.0. The highest BCUT2D eigenvalue weighted by atomic mass is 16.6. The van der Waals surface area contributed by atoms with Gasteiger partial charge in [-0.1, -0.05) is 37.3 Å². The monoisotopic (exact) mass is 306 g/mol. The van der Waals surface area contributed by atoms with E-state index in [1.54, 1.807) is 4.90 Å². The lowest BCUT2D eigenvalue weighted by Crippen LogP contribution is -2.34. The quantitative estimate of drug-likeness (QED) is 0.837. The summed E-state index contributed by atoms with van der Waals surface area (Å²) in [6.45, 7) is 6.66. The van der Waals surface area contributed by atoms with E-state index in [0.717, 1.165) is 38.2 Å². The molecule has 1 atom stereocenters. The van der Waals surface area contributed by atoms with Gasteiger partial charge in [0.05, 0.1) is 6.61 Å². The molecule has 1 N–H and O–H groups in total. The molecule has 5 heteroatoms. The van der Waals surface area contributed by atoms with Crippen LogP contribution < -0.4 is 0 Å². The molecule has 22 heavy (non-hydrogen) atoms. The van der Waals surface area contributed by atoms with Gasteiger partial charge >= 0.3 is 6.09 Å². The lowest BCUT2D eigenvalue weighted by Gasteiger charge is -2.23. The van der Waals surface area contributed by atoms with Crippen LogP contribution in [0.2, 0.25) is 0 Å². The lowest BCUT2D eigenvalue weighted by atomic mass is 10.1. The molecule has 1 aliphatic heterocycles. The number of hydrogen-bond donors (Lipinski definition) is 1. The lowest BCUT2D eigenvalue weighted by molar-refractivity contribution is 0.102. The maximum absolute atomic E-state index is 12.1. The van der Waals surface area contributed by atoms with E-state index in [9.17, 15) is 4.79 Å². The topological polar surface area (TPSA) is 53.0 Å². The van der Waals surface area contributed by atoms with Crippen LogP contribution in [0.15, 0.2) is 30.3 Å². The molecule has 0 bridgehead atoms. The first-order valence-corrected chi connectivity index (χ1v) is 8.01. The van der Waals surface area contributed by atoms with Crippen LogP contribution in [0.25, 0.3) is 0 Å². The molecule has 1 aromatic rings. The van der Waals surface area contributed by atoms with Gasteiger partial charge < -0.3 is 19.6 Å². The highest BCUT2D eigenvalue weighted by Crippen LogP contribution is 2.18. The molecule has 2 rings (SSSR count). The van der Waals surface area contributed by atoms with Gasteiger partial charge in [-0.2, -0.15) is 0 Å². The van der Waals surface area contributed by atoms with E-state index in [-0.39, 0.29) is 12.7 Å². The summed E-state index contributed by atoms with van der Waals surface area (Å²) in [5.41, 5.74) is 1.01. The van der Waals surface area contributed by atoms with Gasteiger partial charge in [0.25, 0.3) is 0 Å². The molecule has 1 fully saturated rings. The molecule has 1 aliphatic rings. The zero-order valence-corrected chi connectivity index (χ0v) is 13.3. The van der Waals surface area contributed by atoms with E-state index >= 15 is 0 Å². The third kappa shape index (κ3) is 5.00. The number of likely N-dealkylation sites (N-methyl/N-ethyl adjacent to an activating group) is 1. The Balaban J connectivity index is 1.73. The van der Waals surface area contributed by atoms with Crippen molar-refractivity contribution in [3.8, 4) is 0 Å². The molecule has 1 aromatic carbocycles. The number of carbonyl (C=O) groups is 1. The predicted octanol–water partition coefficient (Wildman–Crippen LogP) is 1.96. The predicted molar refractivity (Wildman–Crippen MR) is 85.5 cm³/mol. The van der Waals surface area contributed by atoms with Gasteiger partial charge in [-0.25, -0.2) is 4.79 Å². The Bertz CT molecular complexity index is 452. The SMILES string of the molecule is CCN(CCO)CC1CCN(C(=O)OCc2ccccc2)C1. The molecule has 122 valence electrons. The van der Waals surface area contributed by atoms with Gasteiger partial charge in [-0.15, -0.1) is 0 Å². The van der Waals surface area contributed by atoms with E-state index in [2.05, 4.69) is 11.8 Å². The van der Waals surface area contributed by atoms with E-state index < -0.39 is 0 Å². The third-order valence-corrected chi connectivity index (χ3v) is 4.13. The zero-order valence-electron chi connectivity index (χ0n) is 13.3. The Morgan fingerprint density at radius 1 is 1.41 bits per heavy atom. The Morgan fingerprint density at radius 3 is 2.86 bits per heavy atom. The average Bonchev–Trinajstić information content (AvgIpc) is 3.02. The summed E-state index contributed by atoms with van der Waals surface area (Å²) in [6.07, 6.45) is 0.777. The average molecular weight is 306 g/mol. The van der Waals surface area contributed by atoms with Crippen molar-refractivity contribution in [2.75, 3.05) is 39.3 Å². The van der Waals surface area contributed by atoms with Gasteiger partial charge in [0.2, 0.25) is 0 Å². The summed E-state index contributed by atoms with van der Waals surface area (Å²) < 4.78 is 5.37. The second-order valence-electron chi connectivity index (χ2n) is 5.76. The van der Waals surface area contributed by atoms with Crippen LogP contribution in [0.4, 0.5) is 4.79 Å². The molecular weight excluding hydrogens is 280 g/mol. The number of rotatable bonds is 7. The van der Waals surface area contributed by atoms with Gasteiger partial charge in [-0.05, 0) is 24.4 Å². The Labute approximate surface area is 132 Å². The van der Waals surface area contributed by atoms with E-state index in [0.29, 0.717) is 19.1 Å². The number of ether oxygens (including phenoxy) is 1. The summed E-state index contributed by atoms with van der Waals surface area (Å²) in [5, 5.41) is 9.03. The number of carbonyl (C=O) groups excluding carboxylic acids is 1. The van der Waals surface area contributed by atoms with Crippen LogP contribution in [0.1, 0.15) is 18.9 Å². The number of aliphatic hydroxyl groups is 1. The molecule has 0 spiro atoms. The van der Waals surface area contributed by atoms with Gasteiger partial charge in [0.15, 0.2) is 0 Å². The fourth-order valence-corrected chi connectivity index (χ4v) is 2.84. The summed E-state index contributed by atoms with van der Waals surface area (Å²) in [7, 11) is 0. The first kappa shape index (κ1) is 16.8. The molecule has 0 radical (unpaired) electrons. The van der Waals surface area contributed by atoms with Gasteiger partial charge in [-0.3, -0.25) is 0 Å². The summed E-state index contributed by atoms with van der Waals surface area (Å²) in [5.74, 6) is 0.468. The maximum atomic E-state index is 12.1. The second kappa shape index (κ2) is 8.76. The summed E-state index contributed by atoms with van der Waals surface area (Å²) in [6, 6.07) is 9.73. The molecule has 1 saturated heterocycles. The third-order valence-electron chi connectivity index (χ3n) is 4.13. The number of amides is 1. The van der Waals surface area contributed by atoms with Crippen molar-refractivity contribution in [3.05, 3.63) is 35.9 Å². The number of benzene rings is 1. The molecule has 1 amide bonds. The summed E-state index contributed by atoms with van der Waals surface area (Å²) >= 11 is 0. The van der Waals surface area contributed by atoms with Crippen LogP contribution in [-0.2, 0) is 11.3 Å². The van der Waals surface area contributed by atoms with Crippen molar-refractivity contribution >= 4 is 6.09 Å². The van der Waals surface area contributed by atoms with Gasteiger partial charge in [0, 0.05) is 26.2 Å². The Hall–Kier alpha value is -1.59. The maximum Gasteiger partial charge on any atom is 0.410 e. The minimum atomic E-state index is -0.225. The first-order valence-electron chi connectivity index (χ1n) is 8.01. The van der Waals surface area contributed by atoms with Crippen LogP contribution in [0.5, 0.6) is 0 Å². The van der Waals surface area contributed by atoms with Crippen molar-refractivity contribution in [2.24, 2.45) is 5.92 Å². The zero-order chi connectivity index (χ0) is 15.8. The number of nitrogens with zero attached hydrogens (tertiary/aromatic N) is 2. The van der Waals surface area contributed by atoms with Crippen molar-refractivity contribution in [1.29, 1.82) is 0 Å². The Morgan fingerprint density at radius 2 is 2.18 bits per heavy atom. The molecule has 0 aromatic heterocycles. The van der Waals surface area contributed by atoms with E-state index in [4.69, 9.17) is 9.84 Å². The van der Waals surface area contributed by atoms with Crippen LogP contribution in [0, 0.1) is 5.92 Å². The number of hydrogen-bond acceptors (Lipinski definition) is 4. The fourth-order valence-electron chi connectivity index (χ4n) is 2.84. The standard InChI is InChI=1S/C17H26N2O3/c1-2-18(10-11-20)12-16-8-9-19(13-16)17(21)22-14-15-6-4-3-5-7-15/h3-7,16,20H,2,8-14H2,1H3. The van der Waals surface area contributed by atoms with Crippen LogP contribution in [-0.4, -0.2) is 60.3 Å². The van der Waals surface area contributed by atoms with Crippen molar-refractivity contribution in [1.82, 2.24) is 9.80 Å². The van der Waals surface area contributed by atoms with Gasteiger partial charge in [0.1, 0.15) is 6.61 Å². The minimum Gasteiger partial charge on any atom is -0.445 e. The Kier molecular flexibility index (Phi) is 6.68. The second-order valence-corrected chi connectivity index (χ2v) is 5.76. The molecule has 1 heterocycles. The fraction of sp³-hybridized carbons (Fsp3) is 0.588. The van der Waals surface area contributed by atoms with Crippen LogP contribution >= 0.6 is 0 Å². The highest BCUT2D eigenvalue weighted by molar-refractivity contribution is 5.68. The van der Waals surface area contributed by atoms with E-state index in [1.807, 2.05) is 30.3 Å². The molecular formula is C17H26N2O3.